The van der Waals surface area contributed by atoms with Crippen molar-refractivity contribution in [3.8, 4) is 11.5 Å². The Balaban J connectivity index is 2.22. The van der Waals surface area contributed by atoms with Gasteiger partial charge in [0.25, 0.3) is 0 Å². The molecule has 0 aliphatic carbocycles. The van der Waals surface area contributed by atoms with Crippen LogP contribution in [0.2, 0.25) is 10.0 Å². The molecule has 2 rings (SSSR count). The summed E-state index contributed by atoms with van der Waals surface area (Å²) < 4.78 is 10.5. The first-order chi connectivity index (χ1) is 10.6. The fourth-order valence-corrected chi connectivity index (χ4v) is 2.52. The summed E-state index contributed by atoms with van der Waals surface area (Å²) in [7, 11) is 3.21. The molecule has 0 aliphatic rings. The molecule has 2 aromatic rings. The highest BCUT2D eigenvalue weighted by Gasteiger charge is 2.10. The van der Waals surface area contributed by atoms with E-state index >= 15 is 0 Å². The molecule has 0 saturated carbocycles. The van der Waals surface area contributed by atoms with Crippen molar-refractivity contribution < 1.29 is 9.47 Å². The molecule has 1 atom stereocenters. The summed E-state index contributed by atoms with van der Waals surface area (Å²) >= 11 is 12.2. The van der Waals surface area contributed by atoms with E-state index in [0.717, 1.165) is 11.1 Å². The standard InChI is InChI=1S/C17H17Cl2NO2/c1-11(13-5-4-6-14(18)17(13)19)20-10-12-7-8-15(21-2)16(9-12)22-3/h4-11H,1-3H3/b20-10-. The molecular weight excluding hydrogens is 321 g/mol. The van der Waals surface area contributed by atoms with E-state index < -0.39 is 0 Å². The third-order valence-electron chi connectivity index (χ3n) is 3.29. The molecule has 0 saturated heterocycles. The van der Waals surface area contributed by atoms with E-state index in [0.29, 0.717) is 21.5 Å². The van der Waals surface area contributed by atoms with Crippen molar-refractivity contribution in [1.82, 2.24) is 0 Å². The summed E-state index contributed by atoms with van der Waals surface area (Å²) in [5.74, 6) is 1.35. The quantitative estimate of drug-likeness (QED) is 0.703. The minimum atomic E-state index is -0.0979. The fourth-order valence-electron chi connectivity index (χ4n) is 2.05. The summed E-state index contributed by atoms with van der Waals surface area (Å²) in [6.07, 6.45) is 1.78. The molecule has 1 unspecified atom stereocenters. The molecule has 0 amide bonds. The number of hydrogen-bond acceptors (Lipinski definition) is 3. The SMILES string of the molecule is COc1ccc(/C=N\C(C)c2cccc(Cl)c2Cl)cc1OC. The van der Waals surface area contributed by atoms with Crippen molar-refractivity contribution in [3.05, 3.63) is 57.6 Å². The lowest BCUT2D eigenvalue weighted by atomic mass is 10.1. The van der Waals surface area contributed by atoms with Gasteiger partial charge in [-0.1, -0.05) is 35.3 Å². The summed E-state index contributed by atoms with van der Waals surface area (Å²) in [6, 6.07) is 11.1. The predicted octanol–water partition coefficient (Wildman–Crippen LogP) is 5.19. The van der Waals surface area contributed by atoms with Crippen molar-refractivity contribution in [2.24, 2.45) is 4.99 Å². The summed E-state index contributed by atoms with van der Waals surface area (Å²) in [4.78, 5) is 4.53. The van der Waals surface area contributed by atoms with Crippen LogP contribution in [0.3, 0.4) is 0 Å². The average Bonchev–Trinajstić information content (AvgIpc) is 2.54. The number of nitrogens with zero attached hydrogens (tertiary/aromatic N) is 1. The normalized spacial score (nSPS) is 12.4. The molecule has 5 heteroatoms. The molecule has 0 heterocycles. The van der Waals surface area contributed by atoms with Crippen LogP contribution >= 0.6 is 23.2 Å². The maximum absolute atomic E-state index is 6.21. The van der Waals surface area contributed by atoms with Gasteiger partial charge in [0.15, 0.2) is 11.5 Å². The van der Waals surface area contributed by atoms with Gasteiger partial charge in [-0.05, 0) is 42.3 Å². The van der Waals surface area contributed by atoms with Gasteiger partial charge in [-0.2, -0.15) is 0 Å². The zero-order valence-electron chi connectivity index (χ0n) is 12.6. The number of methoxy groups -OCH3 is 2. The molecule has 116 valence electrons. The Morgan fingerprint density at radius 3 is 2.45 bits per heavy atom. The number of aliphatic imine (C=N–C) groups is 1. The largest absolute Gasteiger partial charge is 0.493 e. The molecular formula is C17H17Cl2NO2. The van der Waals surface area contributed by atoms with Crippen molar-refractivity contribution in [2.45, 2.75) is 13.0 Å². The monoisotopic (exact) mass is 337 g/mol. The maximum Gasteiger partial charge on any atom is 0.161 e. The molecule has 2 aromatic carbocycles. The zero-order chi connectivity index (χ0) is 16.1. The van der Waals surface area contributed by atoms with Crippen LogP contribution in [0.25, 0.3) is 0 Å². The van der Waals surface area contributed by atoms with Gasteiger partial charge in [0.05, 0.1) is 30.3 Å². The first kappa shape index (κ1) is 16.7. The predicted molar refractivity (Wildman–Crippen MR) is 92.0 cm³/mol. The Kier molecular flexibility index (Phi) is 5.69. The smallest absolute Gasteiger partial charge is 0.161 e. The molecule has 0 spiro atoms. The van der Waals surface area contributed by atoms with Gasteiger partial charge in [-0.3, -0.25) is 4.99 Å². The van der Waals surface area contributed by atoms with E-state index in [4.69, 9.17) is 32.7 Å². The fraction of sp³-hybridized carbons (Fsp3) is 0.235. The van der Waals surface area contributed by atoms with Gasteiger partial charge in [0.1, 0.15) is 0 Å². The van der Waals surface area contributed by atoms with Crippen molar-refractivity contribution >= 4 is 29.4 Å². The maximum atomic E-state index is 6.21. The topological polar surface area (TPSA) is 30.8 Å². The molecule has 0 fully saturated rings. The highest BCUT2D eigenvalue weighted by atomic mass is 35.5. The van der Waals surface area contributed by atoms with Crippen LogP contribution in [-0.4, -0.2) is 20.4 Å². The van der Waals surface area contributed by atoms with Gasteiger partial charge in [-0.15, -0.1) is 0 Å². The first-order valence-electron chi connectivity index (χ1n) is 6.76. The average molecular weight is 338 g/mol. The Morgan fingerprint density at radius 1 is 1.05 bits per heavy atom. The van der Waals surface area contributed by atoms with Crippen molar-refractivity contribution in [2.75, 3.05) is 14.2 Å². The van der Waals surface area contributed by atoms with E-state index in [1.54, 1.807) is 26.5 Å². The third kappa shape index (κ3) is 3.73. The highest BCUT2D eigenvalue weighted by Crippen LogP contribution is 2.31. The molecule has 0 aromatic heterocycles. The molecule has 0 N–H and O–H groups in total. The second-order valence-electron chi connectivity index (χ2n) is 4.71. The molecule has 0 bridgehead atoms. The number of rotatable bonds is 5. The number of benzene rings is 2. The molecule has 22 heavy (non-hydrogen) atoms. The van der Waals surface area contributed by atoms with Crippen LogP contribution in [-0.2, 0) is 0 Å². The first-order valence-corrected chi connectivity index (χ1v) is 7.51. The van der Waals surface area contributed by atoms with Gasteiger partial charge in [0, 0.05) is 6.21 Å². The van der Waals surface area contributed by atoms with Gasteiger partial charge >= 0.3 is 0 Å². The number of halogens is 2. The minimum absolute atomic E-state index is 0.0979. The summed E-state index contributed by atoms with van der Waals surface area (Å²) in [5.41, 5.74) is 1.81. The summed E-state index contributed by atoms with van der Waals surface area (Å²) in [5, 5.41) is 1.08. The number of hydrogen-bond donors (Lipinski definition) is 0. The second-order valence-corrected chi connectivity index (χ2v) is 5.50. The van der Waals surface area contributed by atoms with Crippen LogP contribution < -0.4 is 9.47 Å². The number of ether oxygens (including phenoxy) is 2. The lowest BCUT2D eigenvalue weighted by molar-refractivity contribution is 0.355. The Labute approximate surface area is 140 Å². The lowest BCUT2D eigenvalue weighted by Gasteiger charge is -2.10. The van der Waals surface area contributed by atoms with E-state index in [-0.39, 0.29) is 6.04 Å². The van der Waals surface area contributed by atoms with Gasteiger partial charge in [0.2, 0.25) is 0 Å². The third-order valence-corrected chi connectivity index (χ3v) is 4.12. The van der Waals surface area contributed by atoms with E-state index in [1.165, 1.54) is 0 Å². The molecule has 3 nitrogen and oxygen atoms in total. The molecule has 0 aliphatic heterocycles. The van der Waals surface area contributed by atoms with Gasteiger partial charge < -0.3 is 9.47 Å². The van der Waals surface area contributed by atoms with Crippen LogP contribution in [0.1, 0.15) is 24.1 Å². The van der Waals surface area contributed by atoms with Crippen molar-refractivity contribution in [3.63, 3.8) is 0 Å². The van der Waals surface area contributed by atoms with Crippen LogP contribution in [0, 0.1) is 0 Å². The van der Waals surface area contributed by atoms with E-state index in [2.05, 4.69) is 4.99 Å². The van der Waals surface area contributed by atoms with Crippen molar-refractivity contribution in [1.29, 1.82) is 0 Å². The Morgan fingerprint density at radius 2 is 1.77 bits per heavy atom. The summed E-state index contributed by atoms with van der Waals surface area (Å²) in [6.45, 7) is 1.97. The van der Waals surface area contributed by atoms with Crippen LogP contribution in [0.4, 0.5) is 0 Å². The van der Waals surface area contributed by atoms with Crippen LogP contribution in [0.15, 0.2) is 41.4 Å². The zero-order valence-corrected chi connectivity index (χ0v) is 14.2. The Hall–Kier alpha value is -1.71. The van der Waals surface area contributed by atoms with Gasteiger partial charge in [-0.25, -0.2) is 0 Å². The Bertz CT molecular complexity index is 686. The second kappa shape index (κ2) is 7.52. The minimum Gasteiger partial charge on any atom is -0.493 e. The highest BCUT2D eigenvalue weighted by molar-refractivity contribution is 6.42. The van der Waals surface area contributed by atoms with E-state index in [9.17, 15) is 0 Å². The lowest BCUT2D eigenvalue weighted by Crippen LogP contribution is -1.95. The van der Waals surface area contributed by atoms with E-state index in [1.807, 2.05) is 37.3 Å². The van der Waals surface area contributed by atoms with Crippen LogP contribution in [0.5, 0.6) is 11.5 Å². The molecule has 0 radical (unpaired) electrons.